The van der Waals surface area contributed by atoms with Crippen molar-refractivity contribution in [1.82, 2.24) is 9.80 Å². The lowest BCUT2D eigenvalue weighted by atomic mass is 10.2. The van der Waals surface area contributed by atoms with Crippen LogP contribution in [0.4, 0.5) is 0 Å². The molecule has 0 N–H and O–H groups in total. The summed E-state index contributed by atoms with van der Waals surface area (Å²) in [6.07, 6.45) is 0. The predicted molar refractivity (Wildman–Crippen MR) is 82.1 cm³/mol. The Kier molecular flexibility index (Phi) is 4.11. The molecule has 6 heteroatoms. The number of piperazine rings is 1. The summed E-state index contributed by atoms with van der Waals surface area (Å²) in [6, 6.07) is 8.27. The molecule has 0 aliphatic carbocycles. The zero-order chi connectivity index (χ0) is 15.5. The summed E-state index contributed by atoms with van der Waals surface area (Å²) >= 11 is 0. The third-order valence-corrected chi connectivity index (χ3v) is 3.81. The highest BCUT2D eigenvalue weighted by molar-refractivity contribution is 5.79. The van der Waals surface area contributed by atoms with Crippen LogP contribution >= 0.6 is 0 Å². The summed E-state index contributed by atoms with van der Waals surface area (Å²) < 4.78 is 10.6. The Labute approximate surface area is 127 Å². The van der Waals surface area contributed by atoms with Gasteiger partial charge in [-0.3, -0.25) is 4.79 Å². The Balaban J connectivity index is 1.63. The molecule has 1 amide bonds. The first-order chi connectivity index (χ1) is 10.6. The second-order valence-electron chi connectivity index (χ2n) is 5.43. The second-order valence-corrected chi connectivity index (χ2v) is 5.43. The van der Waals surface area contributed by atoms with Crippen LogP contribution in [-0.2, 0) is 4.79 Å². The average Bonchev–Trinajstić information content (AvgIpc) is 2.53. The third kappa shape index (κ3) is 3.28. The summed E-state index contributed by atoms with van der Waals surface area (Å²) in [5, 5.41) is 0.817. The number of hydrogen-bond acceptors (Lipinski definition) is 5. The van der Waals surface area contributed by atoms with E-state index in [1.54, 1.807) is 29.2 Å². The van der Waals surface area contributed by atoms with E-state index in [0.29, 0.717) is 11.3 Å². The minimum absolute atomic E-state index is 0.00765. The van der Waals surface area contributed by atoms with E-state index in [2.05, 4.69) is 4.90 Å². The van der Waals surface area contributed by atoms with Crippen LogP contribution in [-0.4, -0.2) is 55.5 Å². The molecule has 1 saturated heterocycles. The molecule has 3 rings (SSSR count). The Morgan fingerprint density at radius 1 is 1.18 bits per heavy atom. The lowest BCUT2D eigenvalue weighted by molar-refractivity contribution is -0.134. The molecule has 0 unspecified atom stereocenters. The molecule has 0 radical (unpaired) electrons. The van der Waals surface area contributed by atoms with Gasteiger partial charge in [-0.05, 0) is 25.2 Å². The molecular formula is C16H18N2O4. The van der Waals surface area contributed by atoms with Crippen molar-refractivity contribution < 1.29 is 13.9 Å². The van der Waals surface area contributed by atoms with Crippen LogP contribution in [0.3, 0.4) is 0 Å². The van der Waals surface area contributed by atoms with Crippen LogP contribution in [0.15, 0.2) is 39.5 Å². The van der Waals surface area contributed by atoms with Crippen LogP contribution in [0.25, 0.3) is 11.0 Å². The summed E-state index contributed by atoms with van der Waals surface area (Å²) in [5.74, 6) is 0.493. The van der Waals surface area contributed by atoms with E-state index in [-0.39, 0.29) is 12.5 Å². The van der Waals surface area contributed by atoms with Crippen LogP contribution in [0.5, 0.6) is 5.75 Å². The highest BCUT2D eigenvalue weighted by Gasteiger charge is 2.19. The molecule has 0 saturated carbocycles. The smallest absolute Gasteiger partial charge is 0.336 e. The Morgan fingerprint density at radius 2 is 1.91 bits per heavy atom. The van der Waals surface area contributed by atoms with E-state index in [9.17, 15) is 9.59 Å². The number of carbonyl (C=O) groups is 1. The zero-order valence-electron chi connectivity index (χ0n) is 12.4. The molecule has 116 valence electrons. The molecule has 0 atom stereocenters. The molecule has 1 aromatic heterocycles. The van der Waals surface area contributed by atoms with Crippen molar-refractivity contribution in [1.29, 1.82) is 0 Å². The van der Waals surface area contributed by atoms with Crippen molar-refractivity contribution in [2.75, 3.05) is 39.8 Å². The molecule has 6 nitrogen and oxygen atoms in total. The normalized spacial score (nSPS) is 16.0. The maximum atomic E-state index is 12.1. The summed E-state index contributed by atoms with van der Waals surface area (Å²) in [4.78, 5) is 27.3. The minimum Gasteiger partial charge on any atom is -0.484 e. The second kappa shape index (κ2) is 6.19. The number of carbonyl (C=O) groups excluding carboxylic acids is 1. The summed E-state index contributed by atoms with van der Waals surface area (Å²) in [7, 11) is 2.04. The Morgan fingerprint density at radius 3 is 2.68 bits per heavy atom. The molecule has 2 heterocycles. The van der Waals surface area contributed by atoms with Gasteiger partial charge in [-0.1, -0.05) is 0 Å². The number of fused-ring (bicyclic) bond motifs is 1. The SMILES string of the molecule is CN1CCN(C(=O)COc2ccc3ccc(=O)oc3c2)CC1. The number of ether oxygens (including phenoxy) is 1. The number of rotatable bonds is 3. The summed E-state index contributed by atoms with van der Waals surface area (Å²) in [6.45, 7) is 3.21. The first-order valence-electron chi connectivity index (χ1n) is 7.25. The number of nitrogens with zero attached hydrogens (tertiary/aromatic N) is 2. The molecule has 1 aromatic carbocycles. The van der Waals surface area contributed by atoms with Crippen LogP contribution in [0.2, 0.25) is 0 Å². The molecular weight excluding hydrogens is 284 g/mol. The fourth-order valence-electron chi connectivity index (χ4n) is 2.42. The zero-order valence-corrected chi connectivity index (χ0v) is 12.4. The maximum absolute atomic E-state index is 12.1. The van der Waals surface area contributed by atoms with E-state index in [4.69, 9.17) is 9.15 Å². The quantitative estimate of drug-likeness (QED) is 0.790. The first-order valence-corrected chi connectivity index (χ1v) is 7.25. The minimum atomic E-state index is -0.404. The highest BCUT2D eigenvalue weighted by atomic mass is 16.5. The van der Waals surface area contributed by atoms with Gasteiger partial charge in [0.1, 0.15) is 11.3 Å². The fourth-order valence-corrected chi connectivity index (χ4v) is 2.42. The van der Waals surface area contributed by atoms with Crippen molar-refractivity contribution in [2.45, 2.75) is 0 Å². The first kappa shape index (κ1) is 14.6. The molecule has 1 aliphatic heterocycles. The lowest BCUT2D eigenvalue weighted by Gasteiger charge is -2.32. The largest absolute Gasteiger partial charge is 0.484 e. The topological polar surface area (TPSA) is 63.0 Å². The van der Waals surface area contributed by atoms with Gasteiger partial charge in [-0.2, -0.15) is 0 Å². The third-order valence-electron chi connectivity index (χ3n) is 3.81. The van der Waals surface area contributed by atoms with Gasteiger partial charge in [0.05, 0.1) is 0 Å². The van der Waals surface area contributed by atoms with Gasteiger partial charge in [0, 0.05) is 43.7 Å². The van der Waals surface area contributed by atoms with Gasteiger partial charge in [0.25, 0.3) is 5.91 Å². The number of likely N-dealkylation sites (N-methyl/N-ethyl adjacent to an activating group) is 1. The van der Waals surface area contributed by atoms with Gasteiger partial charge < -0.3 is 19.0 Å². The van der Waals surface area contributed by atoms with Crippen molar-refractivity contribution in [3.05, 3.63) is 40.8 Å². The number of benzene rings is 1. The van der Waals surface area contributed by atoms with E-state index in [1.165, 1.54) is 6.07 Å². The predicted octanol–water partition coefficient (Wildman–Crippen LogP) is 0.946. The van der Waals surface area contributed by atoms with Crippen molar-refractivity contribution in [3.8, 4) is 5.75 Å². The number of amides is 1. The monoisotopic (exact) mass is 302 g/mol. The fraction of sp³-hybridized carbons (Fsp3) is 0.375. The molecule has 1 fully saturated rings. The molecule has 0 spiro atoms. The molecule has 2 aromatic rings. The average molecular weight is 302 g/mol. The standard InChI is InChI=1S/C16H18N2O4/c1-17-6-8-18(9-7-17)15(19)11-21-13-4-2-12-3-5-16(20)22-14(12)10-13/h2-5,10H,6-9,11H2,1H3. The molecule has 22 heavy (non-hydrogen) atoms. The van der Waals surface area contributed by atoms with E-state index >= 15 is 0 Å². The van der Waals surface area contributed by atoms with Crippen LogP contribution in [0, 0.1) is 0 Å². The van der Waals surface area contributed by atoms with E-state index in [0.717, 1.165) is 31.6 Å². The van der Waals surface area contributed by atoms with Crippen molar-refractivity contribution in [3.63, 3.8) is 0 Å². The lowest BCUT2D eigenvalue weighted by Crippen LogP contribution is -2.48. The van der Waals surface area contributed by atoms with Crippen molar-refractivity contribution in [2.24, 2.45) is 0 Å². The van der Waals surface area contributed by atoms with Gasteiger partial charge in [-0.25, -0.2) is 4.79 Å². The van der Waals surface area contributed by atoms with E-state index in [1.807, 2.05) is 7.05 Å². The van der Waals surface area contributed by atoms with Crippen LogP contribution < -0.4 is 10.4 Å². The summed E-state index contributed by atoms with van der Waals surface area (Å²) in [5.41, 5.74) is 0.0511. The molecule has 1 aliphatic rings. The van der Waals surface area contributed by atoms with Gasteiger partial charge in [0.2, 0.25) is 0 Å². The van der Waals surface area contributed by atoms with E-state index < -0.39 is 5.63 Å². The van der Waals surface area contributed by atoms with Crippen LogP contribution in [0.1, 0.15) is 0 Å². The highest BCUT2D eigenvalue weighted by Crippen LogP contribution is 2.19. The number of hydrogen-bond donors (Lipinski definition) is 0. The Hall–Kier alpha value is -2.34. The maximum Gasteiger partial charge on any atom is 0.336 e. The molecule has 0 bridgehead atoms. The van der Waals surface area contributed by atoms with Gasteiger partial charge in [0.15, 0.2) is 6.61 Å². The Bertz CT molecular complexity index is 732. The van der Waals surface area contributed by atoms with Crippen molar-refractivity contribution >= 4 is 16.9 Å². The van der Waals surface area contributed by atoms with Gasteiger partial charge in [-0.15, -0.1) is 0 Å². The van der Waals surface area contributed by atoms with Gasteiger partial charge >= 0.3 is 5.63 Å².